The standard InChI is InChI=1S/C21H29/c1-2-3-4-5-6-7-8-9-10-14-19-16-13-17-20-15-11-12-18-21(19)20/h11-18H,2-10H2,1H3. The largest absolute Gasteiger partial charge is 0.0654 e. The lowest BCUT2D eigenvalue weighted by Crippen LogP contribution is -1.86. The summed E-state index contributed by atoms with van der Waals surface area (Å²) in [6.45, 7) is 2.28. The van der Waals surface area contributed by atoms with Gasteiger partial charge < -0.3 is 0 Å². The molecule has 0 fully saturated rings. The van der Waals surface area contributed by atoms with Gasteiger partial charge in [-0.05, 0) is 29.2 Å². The SMILES string of the molecule is CCCCCCCCCC[CH]c1cccc2ccccc12. The van der Waals surface area contributed by atoms with Crippen LogP contribution in [0.25, 0.3) is 10.8 Å². The van der Waals surface area contributed by atoms with Crippen molar-refractivity contribution in [1.82, 2.24) is 0 Å². The highest BCUT2D eigenvalue weighted by atomic mass is 14.0. The van der Waals surface area contributed by atoms with E-state index in [1.807, 2.05) is 0 Å². The Morgan fingerprint density at radius 2 is 1.38 bits per heavy atom. The molecule has 113 valence electrons. The van der Waals surface area contributed by atoms with Crippen molar-refractivity contribution in [3.8, 4) is 0 Å². The fraction of sp³-hybridized carbons (Fsp3) is 0.476. The second-order valence-electron chi connectivity index (χ2n) is 6.04. The van der Waals surface area contributed by atoms with Crippen molar-refractivity contribution < 1.29 is 0 Å². The molecule has 0 aliphatic rings. The Morgan fingerprint density at radius 3 is 2.19 bits per heavy atom. The van der Waals surface area contributed by atoms with Crippen molar-refractivity contribution in [2.45, 2.75) is 64.7 Å². The van der Waals surface area contributed by atoms with Gasteiger partial charge in [-0.15, -0.1) is 0 Å². The first-order chi connectivity index (χ1) is 10.4. The van der Waals surface area contributed by atoms with Gasteiger partial charge in [0.2, 0.25) is 0 Å². The molecule has 0 heterocycles. The summed E-state index contributed by atoms with van der Waals surface area (Å²) in [5.74, 6) is 0. The van der Waals surface area contributed by atoms with E-state index >= 15 is 0 Å². The summed E-state index contributed by atoms with van der Waals surface area (Å²) in [4.78, 5) is 0. The molecule has 0 aliphatic heterocycles. The maximum Gasteiger partial charge on any atom is -0.00867 e. The van der Waals surface area contributed by atoms with Gasteiger partial charge in [0, 0.05) is 0 Å². The number of fused-ring (bicyclic) bond motifs is 1. The molecule has 0 heteroatoms. The average Bonchev–Trinajstić information content (AvgIpc) is 2.53. The van der Waals surface area contributed by atoms with E-state index in [9.17, 15) is 0 Å². The van der Waals surface area contributed by atoms with Crippen molar-refractivity contribution >= 4 is 10.8 Å². The van der Waals surface area contributed by atoms with Crippen LogP contribution < -0.4 is 0 Å². The lowest BCUT2D eigenvalue weighted by Gasteiger charge is -2.06. The summed E-state index contributed by atoms with van der Waals surface area (Å²) in [6, 6.07) is 15.3. The minimum Gasteiger partial charge on any atom is -0.0654 e. The van der Waals surface area contributed by atoms with Gasteiger partial charge in [0.05, 0.1) is 0 Å². The van der Waals surface area contributed by atoms with Gasteiger partial charge in [0.1, 0.15) is 0 Å². The Labute approximate surface area is 130 Å². The Morgan fingerprint density at radius 1 is 0.714 bits per heavy atom. The van der Waals surface area contributed by atoms with E-state index in [0.29, 0.717) is 0 Å². The minimum absolute atomic E-state index is 1.21. The molecule has 0 N–H and O–H groups in total. The second kappa shape index (κ2) is 9.60. The van der Waals surface area contributed by atoms with E-state index in [0.717, 1.165) is 0 Å². The highest BCUT2D eigenvalue weighted by Gasteiger charge is 2.00. The number of hydrogen-bond donors (Lipinski definition) is 0. The third-order valence-corrected chi connectivity index (χ3v) is 4.25. The number of rotatable bonds is 10. The first-order valence-electron chi connectivity index (χ1n) is 8.73. The molecule has 0 nitrogen and oxygen atoms in total. The van der Waals surface area contributed by atoms with Crippen LogP contribution in [-0.2, 0) is 0 Å². The van der Waals surface area contributed by atoms with Crippen LogP contribution in [-0.4, -0.2) is 0 Å². The monoisotopic (exact) mass is 281 g/mol. The van der Waals surface area contributed by atoms with Gasteiger partial charge in [-0.2, -0.15) is 0 Å². The second-order valence-corrected chi connectivity index (χ2v) is 6.04. The normalized spacial score (nSPS) is 11.1. The maximum atomic E-state index is 2.42. The van der Waals surface area contributed by atoms with Gasteiger partial charge in [-0.25, -0.2) is 0 Å². The maximum absolute atomic E-state index is 2.42. The summed E-state index contributed by atoms with van der Waals surface area (Å²) in [7, 11) is 0. The van der Waals surface area contributed by atoms with Gasteiger partial charge in [-0.1, -0.05) is 101 Å². The highest BCUT2D eigenvalue weighted by Crippen LogP contribution is 2.22. The first kappa shape index (κ1) is 16.1. The zero-order chi connectivity index (χ0) is 14.8. The topological polar surface area (TPSA) is 0 Å². The lowest BCUT2D eigenvalue weighted by molar-refractivity contribution is 0.575. The predicted molar refractivity (Wildman–Crippen MR) is 94.6 cm³/mol. The van der Waals surface area contributed by atoms with Crippen LogP contribution in [0, 0.1) is 6.42 Å². The van der Waals surface area contributed by atoms with Crippen LogP contribution in [0.3, 0.4) is 0 Å². The zero-order valence-electron chi connectivity index (χ0n) is 13.5. The van der Waals surface area contributed by atoms with Crippen LogP contribution in [0.4, 0.5) is 0 Å². The summed E-state index contributed by atoms with van der Waals surface area (Å²) >= 11 is 0. The van der Waals surface area contributed by atoms with Gasteiger partial charge >= 0.3 is 0 Å². The van der Waals surface area contributed by atoms with Crippen molar-refractivity contribution in [2.24, 2.45) is 0 Å². The van der Waals surface area contributed by atoms with E-state index in [4.69, 9.17) is 0 Å². The van der Waals surface area contributed by atoms with E-state index in [1.165, 1.54) is 74.1 Å². The van der Waals surface area contributed by atoms with Crippen molar-refractivity contribution in [3.05, 3.63) is 54.4 Å². The van der Waals surface area contributed by atoms with E-state index in [-0.39, 0.29) is 0 Å². The van der Waals surface area contributed by atoms with Crippen LogP contribution in [0.1, 0.15) is 70.3 Å². The van der Waals surface area contributed by atoms with Crippen LogP contribution in [0.2, 0.25) is 0 Å². The molecule has 0 atom stereocenters. The molecular formula is C21H29. The van der Waals surface area contributed by atoms with E-state index < -0.39 is 0 Å². The number of hydrogen-bond acceptors (Lipinski definition) is 0. The molecule has 1 radical (unpaired) electrons. The van der Waals surface area contributed by atoms with E-state index in [2.05, 4.69) is 55.8 Å². The molecule has 2 aromatic carbocycles. The lowest BCUT2D eigenvalue weighted by atomic mass is 9.99. The molecule has 2 aromatic rings. The van der Waals surface area contributed by atoms with Crippen LogP contribution in [0.15, 0.2) is 42.5 Å². The molecule has 0 spiro atoms. The van der Waals surface area contributed by atoms with Crippen molar-refractivity contribution in [1.29, 1.82) is 0 Å². The fourth-order valence-corrected chi connectivity index (χ4v) is 2.96. The Balaban J connectivity index is 1.64. The molecule has 0 saturated heterocycles. The summed E-state index contributed by atoms with van der Waals surface area (Å²) < 4.78 is 0. The summed E-state index contributed by atoms with van der Waals surface area (Å²) in [5.41, 5.74) is 1.40. The molecule has 0 amide bonds. The molecule has 2 rings (SSSR count). The zero-order valence-corrected chi connectivity index (χ0v) is 13.5. The molecule has 0 aromatic heterocycles. The first-order valence-corrected chi connectivity index (χ1v) is 8.73. The summed E-state index contributed by atoms with van der Waals surface area (Å²) in [5, 5.41) is 2.74. The molecule has 0 aliphatic carbocycles. The Hall–Kier alpha value is -1.30. The number of unbranched alkanes of at least 4 members (excludes halogenated alkanes) is 8. The van der Waals surface area contributed by atoms with Crippen molar-refractivity contribution in [2.75, 3.05) is 0 Å². The Kier molecular flexibility index (Phi) is 7.35. The summed E-state index contributed by atoms with van der Waals surface area (Å²) in [6.07, 6.45) is 14.8. The minimum atomic E-state index is 1.21. The number of benzene rings is 2. The smallest absolute Gasteiger partial charge is 0.00867 e. The average molecular weight is 281 g/mol. The molecule has 0 saturated carbocycles. The third-order valence-electron chi connectivity index (χ3n) is 4.25. The van der Waals surface area contributed by atoms with Gasteiger partial charge in [-0.3, -0.25) is 0 Å². The van der Waals surface area contributed by atoms with Gasteiger partial charge in [0.25, 0.3) is 0 Å². The quantitative estimate of drug-likeness (QED) is 0.414. The molecule has 0 unspecified atom stereocenters. The molecule has 0 bridgehead atoms. The fourth-order valence-electron chi connectivity index (χ4n) is 2.96. The molecule has 21 heavy (non-hydrogen) atoms. The van der Waals surface area contributed by atoms with E-state index in [1.54, 1.807) is 0 Å². The van der Waals surface area contributed by atoms with Crippen molar-refractivity contribution in [3.63, 3.8) is 0 Å². The Bertz CT molecular complexity index is 507. The predicted octanol–water partition coefficient (Wildman–Crippen LogP) is 6.92. The molecular weight excluding hydrogens is 252 g/mol. The van der Waals surface area contributed by atoms with Crippen LogP contribution >= 0.6 is 0 Å². The van der Waals surface area contributed by atoms with Gasteiger partial charge in [0.15, 0.2) is 0 Å². The van der Waals surface area contributed by atoms with Crippen LogP contribution in [0.5, 0.6) is 0 Å². The third kappa shape index (κ3) is 5.53. The highest BCUT2D eigenvalue weighted by molar-refractivity contribution is 5.86.